The highest BCUT2D eigenvalue weighted by molar-refractivity contribution is 5.70. The molecule has 2 rings (SSSR count). The molecule has 4 nitrogen and oxygen atoms in total. The van der Waals surface area contributed by atoms with E-state index in [2.05, 4.69) is 5.32 Å². The zero-order valence-corrected chi connectivity index (χ0v) is 9.20. The van der Waals surface area contributed by atoms with E-state index in [9.17, 15) is 4.79 Å². The minimum Gasteiger partial charge on any atom is -0.464 e. The van der Waals surface area contributed by atoms with Crippen LogP contribution in [0, 0.1) is 0 Å². The summed E-state index contributed by atoms with van der Waals surface area (Å²) >= 11 is 0. The Balaban J connectivity index is 1.69. The molecule has 15 heavy (non-hydrogen) atoms. The maximum Gasteiger partial charge on any atom is 0.332 e. The van der Waals surface area contributed by atoms with Gasteiger partial charge in [-0.05, 0) is 32.6 Å². The Kier molecular flexibility index (Phi) is 3.59. The second-order valence-corrected chi connectivity index (χ2v) is 4.35. The Morgan fingerprint density at radius 1 is 1.33 bits per heavy atom. The van der Waals surface area contributed by atoms with E-state index in [0.29, 0.717) is 18.7 Å². The van der Waals surface area contributed by atoms with Crippen molar-refractivity contribution in [1.29, 1.82) is 0 Å². The molecule has 0 aromatic heterocycles. The van der Waals surface area contributed by atoms with Gasteiger partial charge in [0.25, 0.3) is 0 Å². The van der Waals surface area contributed by atoms with Gasteiger partial charge < -0.3 is 14.8 Å². The van der Waals surface area contributed by atoms with Crippen molar-refractivity contribution in [1.82, 2.24) is 5.32 Å². The molecule has 0 saturated carbocycles. The van der Waals surface area contributed by atoms with Gasteiger partial charge in [0.2, 0.25) is 0 Å². The van der Waals surface area contributed by atoms with Gasteiger partial charge in [-0.2, -0.15) is 0 Å². The Morgan fingerprint density at radius 3 is 2.60 bits per heavy atom. The number of nitrogens with one attached hydrogen (secondary N) is 1. The van der Waals surface area contributed by atoms with Crippen molar-refractivity contribution in [3.8, 4) is 0 Å². The molecular weight excluding hydrogens is 194 g/mol. The lowest BCUT2D eigenvalue weighted by Gasteiger charge is -2.28. The van der Waals surface area contributed by atoms with Crippen molar-refractivity contribution in [2.24, 2.45) is 0 Å². The lowest BCUT2D eigenvalue weighted by molar-refractivity contribution is -0.151. The van der Waals surface area contributed by atoms with Crippen LogP contribution in [0.4, 0.5) is 0 Å². The molecule has 2 fully saturated rings. The zero-order chi connectivity index (χ0) is 10.7. The molecule has 86 valence electrons. The van der Waals surface area contributed by atoms with E-state index in [-0.39, 0.29) is 18.7 Å². The van der Waals surface area contributed by atoms with Crippen LogP contribution in [0.2, 0.25) is 0 Å². The summed E-state index contributed by atoms with van der Waals surface area (Å²) < 4.78 is 10.4. The maximum atomic E-state index is 11.1. The van der Waals surface area contributed by atoms with E-state index < -0.39 is 0 Å². The smallest absolute Gasteiger partial charge is 0.332 e. The second-order valence-electron chi connectivity index (χ2n) is 4.35. The number of fused-ring (bicyclic) bond motifs is 2. The van der Waals surface area contributed by atoms with Crippen LogP contribution in [0.1, 0.15) is 32.6 Å². The average Bonchev–Trinajstić information content (AvgIpc) is 2.56. The number of hydrogen-bond acceptors (Lipinski definition) is 4. The Hall–Kier alpha value is -0.610. The molecule has 0 radical (unpaired) electrons. The molecule has 2 aliphatic heterocycles. The fraction of sp³-hybridized carbons (Fsp3) is 0.909. The number of ether oxygens (including phenoxy) is 2. The fourth-order valence-corrected chi connectivity index (χ4v) is 2.53. The SMILES string of the molecule is CCOC(=O)COC1CC2CCC(C1)N2. The van der Waals surface area contributed by atoms with Gasteiger partial charge in [-0.15, -0.1) is 0 Å². The van der Waals surface area contributed by atoms with E-state index in [1.54, 1.807) is 0 Å². The van der Waals surface area contributed by atoms with Crippen molar-refractivity contribution in [3.63, 3.8) is 0 Å². The van der Waals surface area contributed by atoms with E-state index in [1.165, 1.54) is 12.8 Å². The third-order valence-electron chi connectivity index (χ3n) is 3.17. The summed E-state index contributed by atoms with van der Waals surface area (Å²) in [7, 11) is 0. The quantitative estimate of drug-likeness (QED) is 0.703. The topological polar surface area (TPSA) is 47.6 Å². The van der Waals surface area contributed by atoms with Crippen molar-refractivity contribution in [3.05, 3.63) is 0 Å². The normalized spacial score (nSPS) is 34.1. The largest absolute Gasteiger partial charge is 0.464 e. The van der Waals surface area contributed by atoms with Crippen LogP contribution in [-0.2, 0) is 14.3 Å². The molecular formula is C11H19NO3. The molecule has 2 saturated heterocycles. The van der Waals surface area contributed by atoms with E-state index in [0.717, 1.165) is 12.8 Å². The first kappa shape index (κ1) is 10.9. The molecule has 0 aromatic rings. The Morgan fingerprint density at radius 2 is 2.00 bits per heavy atom. The van der Waals surface area contributed by atoms with Gasteiger partial charge in [0.15, 0.2) is 0 Å². The van der Waals surface area contributed by atoms with Crippen LogP contribution < -0.4 is 5.32 Å². The average molecular weight is 213 g/mol. The first-order valence-electron chi connectivity index (χ1n) is 5.81. The summed E-state index contributed by atoms with van der Waals surface area (Å²) in [4.78, 5) is 11.1. The first-order chi connectivity index (χ1) is 7.28. The summed E-state index contributed by atoms with van der Waals surface area (Å²) in [5.41, 5.74) is 0. The first-order valence-corrected chi connectivity index (χ1v) is 5.81. The van der Waals surface area contributed by atoms with Crippen LogP contribution >= 0.6 is 0 Å². The molecule has 0 aromatic carbocycles. The summed E-state index contributed by atoms with van der Waals surface area (Å²) in [5.74, 6) is -0.247. The monoisotopic (exact) mass is 213 g/mol. The lowest BCUT2D eigenvalue weighted by Crippen LogP contribution is -2.41. The van der Waals surface area contributed by atoms with Gasteiger partial charge in [-0.3, -0.25) is 0 Å². The number of piperidine rings is 1. The summed E-state index contributed by atoms with van der Waals surface area (Å²) in [6, 6.07) is 1.21. The van der Waals surface area contributed by atoms with Crippen LogP contribution in [0.5, 0.6) is 0 Å². The third-order valence-corrected chi connectivity index (χ3v) is 3.17. The molecule has 1 N–H and O–H groups in total. The van der Waals surface area contributed by atoms with E-state index in [4.69, 9.17) is 9.47 Å². The van der Waals surface area contributed by atoms with Gasteiger partial charge >= 0.3 is 5.97 Å². The second kappa shape index (κ2) is 4.94. The van der Waals surface area contributed by atoms with Crippen molar-refractivity contribution in [2.45, 2.75) is 50.8 Å². The highest BCUT2D eigenvalue weighted by Gasteiger charge is 2.34. The Bertz CT molecular complexity index is 220. The van der Waals surface area contributed by atoms with Gasteiger partial charge in [0.1, 0.15) is 6.61 Å². The molecule has 2 unspecified atom stereocenters. The number of hydrogen-bond donors (Lipinski definition) is 1. The number of carbonyl (C=O) groups excluding carboxylic acids is 1. The van der Waals surface area contributed by atoms with Gasteiger partial charge in [0, 0.05) is 12.1 Å². The Labute approximate surface area is 90.3 Å². The number of carbonyl (C=O) groups is 1. The van der Waals surface area contributed by atoms with Crippen LogP contribution in [0.3, 0.4) is 0 Å². The molecule has 4 heteroatoms. The highest BCUT2D eigenvalue weighted by Crippen LogP contribution is 2.28. The predicted molar refractivity (Wildman–Crippen MR) is 55.6 cm³/mol. The predicted octanol–water partition coefficient (Wildman–Crippen LogP) is 0.849. The number of esters is 1. The van der Waals surface area contributed by atoms with Crippen molar-refractivity contribution < 1.29 is 14.3 Å². The van der Waals surface area contributed by atoms with E-state index >= 15 is 0 Å². The van der Waals surface area contributed by atoms with Crippen molar-refractivity contribution in [2.75, 3.05) is 13.2 Å². The molecule has 2 atom stereocenters. The fourth-order valence-electron chi connectivity index (χ4n) is 2.53. The molecule has 2 heterocycles. The molecule has 0 aliphatic carbocycles. The molecule has 0 spiro atoms. The minimum absolute atomic E-state index is 0.109. The van der Waals surface area contributed by atoms with Gasteiger partial charge in [-0.25, -0.2) is 4.79 Å². The maximum absolute atomic E-state index is 11.1. The molecule has 2 bridgehead atoms. The van der Waals surface area contributed by atoms with E-state index in [1.807, 2.05) is 6.92 Å². The lowest BCUT2D eigenvalue weighted by atomic mass is 10.0. The van der Waals surface area contributed by atoms with Gasteiger partial charge in [0.05, 0.1) is 12.7 Å². The third kappa shape index (κ3) is 2.92. The highest BCUT2D eigenvalue weighted by atomic mass is 16.6. The van der Waals surface area contributed by atoms with Crippen molar-refractivity contribution >= 4 is 5.97 Å². The molecule has 0 amide bonds. The van der Waals surface area contributed by atoms with Crippen LogP contribution in [-0.4, -0.2) is 37.4 Å². The summed E-state index contributed by atoms with van der Waals surface area (Å²) in [5, 5.41) is 3.54. The summed E-state index contributed by atoms with van der Waals surface area (Å²) in [6.45, 7) is 2.35. The summed E-state index contributed by atoms with van der Waals surface area (Å²) in [6.07, 6.45) is 4.83. The van der Waals surface area contributed by atoms with Gasteiger partial charge in [-0.1, -0.05) is 0 Å². The molecule has 2 aliphatic rings. The van der Waals surface area contributed by atoms with Crippen LogP contribution in [0.15, 0.2) is 0 Å². The number of rotatable bonds is 4. The minimum atomic E-state index is -0.247. The zero-order valence-electron chi connectivity index (χ0n) is 9.20. The standard InChI is InChI=1S/C11H19NO3/c1-2-14-11(13)7-15-10-5-8-3-4-9(6-10)12-8/h8-10,12H,2-7H2,1H3. The van der Waals surface area contributed by atoms with Crippen LogP contribution in [0.25, 0.3) is 0 Å².